The van der Waals surface area contributed by atoms with Crippen molar-refractivity contribution in [2.75, 3.05) is 27.2 Å². The molecule has 0 aromatic heterocycles. The van der Waals surface area contributed by atoms with E-state index >= 15 is 0 Å². The Morgan fingerprint density at radius 1 is 1.35 bits per heavy atom. The summed E-state index contributed by atoms with van der Waals surface area (Å²) in [6, 6.07) is -0.384. The molecule has 0 aromatic carbocycles. The number of nitrogens with one attached hydrogen (secondary N) is 1. The van der Waals surface area contributed by atoms with Gasteiger partial charge in [0.25, 0.3) is 0 Å². The fourth-order valence-corrected chi connectivity index (χ4v) is 1.98. The van der Waals surface area contributed by atoms with Crippen molar-refractivity contribution in [2.24, 2.45) is 17.1 Å². The standard InChI is InChI=1S/C13H29N3O/c1-10(2)7-11(14)12(17)15-8-13(3,4)9-16(5)6/h10-11H,7-9,14H2,1-6H3,(H,15,17). The summed E-state index contributed by atoms with van der Waals surface area (Å²) in [6.45, 7) is 10.0. The average Bonchev–Trinajstić information content (AvgIpc) is 2.11. The summed E-state index contributed by atoms with van der Waals surface area (Å²) in [6.07, 6.45) is 0.736. The first-order chi connectivity index (χ1) is 7.64. The van der Waals surface area contributed by atoms with Crippen LogP contribution >= 0.6 is 0 Å². The van der Waals surface area contributed by atoms with Crippen LogP contribution in [0.15, 0.2) is 0 Å². The highest BCUT2D eigenvalue weighted by Crippen LogP contribution is 2.14. The molecular formula is C13H29N3O. The highest BCUT2D eigenvalue weighted by Gasteiger charge is 2.22. The zero-order chi connectivity index (χ0) is 13.6. The van der Waals surface area contributed by atoms with Gasteiger partial charge in [0.2, 0.25) is 5.91 Å². The molecule has 102 valence electrons. The van der Waals surface area contributed by atoms with Crippen molar-refractivity contribution in [2.45, 2.75) is 40.2 Å². The van der Waals surface area contributed by atoms with Gasteiger partial charge >= 0.3 is 0 Å². The van der Waals surface area contributed by atoms with Crippen LogP contribution in [0.1, 0.15) is 34.1 Å². The average molecular weight is 243 g/mol. The van der Waals surface area contributed by atoms with Gasteiger partial charge in [0.1, 0.15) is 0 Å². The molecule has 0 saturated carbocycles. The topological polar surface area (TPSA) is 58.4 Å². The molecule has 0 heterocycles. The van der Waals surface area contributed by atoms with Gasteiger partial charge in [-0.1, -0.05) is 27.7 Å². The van der Waals surface area contributed by atoms with Crippen LogP contribution in [0, 0.1) is 11.3 Å². The van der Waals surface area contributed by atoms with Crippen LogP contribution in [-0.4, -0.2) is 44.0 Å². The minimum atomic E-state index is -0.384. The lowest BCUT2D eigenvalue weighted by Crippen LogP contribution is -2.46. The van der Waals surface area contributed by atoms with Crippen molar-refractivity contribution in [3.05, 3.63) is 0 Å². The third kappa shape index (κ3) is 8.16. The van der Waals surface area contributed by atoms with E-state index in [0.29, 0.717) is 12.5 Å². The van der Waals surface area contributed by atoms with Crippen molar-refractivity contribution >= 4 is 5.91 Å². The highest BCUT2D eigenvalue weighted by molar-refractivity contribution is 5.81. The second kappa shape index (κ2) is 6.97. The number of nitrogens with two attached hydrogens (primary N) is 1. The lowest BCUT2D eigenvalue weighted by Gasteiger charge is -2.29. The number of carbonyl (C=O) groups excluding carboxylic acids is 1. The van der Waals surface area contributed by atoms with Gasteiger partial charge in [-0.05, 0) is 31.8 Å². The third-order valence-electron chi connectivity index (χ3n) is 2.55. The van der Waals surface area contributed by atoms with E-state index in [0.717, 1.165) is 13.0 Å². The summed E-state index contributed by atoms with van der Waals surface area (Å²) >= 11 is 0. The fourth-order valence-electron chi connectivity index (χ4n) is 1.98. The van der Waals surface area contributed by atoms with Gasteiger partial charge in [-0.25, -0.2) is 0 Å². The van der Waals surface area contributed by atoms with Crippen LogP contribution in [-0.2, 0) is 4.79 Å². The molecule has 17 heavy (non-hydrogen) atoms. The molecular weight excluding hydrogens is 214 g/mol. The first-order valence-corrected chi connectivity index (χ1v) is 6.32. The molecule has 0 spiro atoms. The summed E-state index contributed by atoms with van der Waals surface area (Å²) in [4.78, 5) is 13.9. The molecule has 0 aromatic rings. The second-order valence-corrected chi connectivity index (χ2v) is 6.36. The molecule has 1 amide bonds. The second-order valence-electron chi connectivity index (χ2n) is 6.36. The Morgan fingerprint density at radius 2 is 1.88 bits per heavy atom. The minimum absolute atomic E-state index is 0.0365. The van der Waals surface area contributed by atoms with E-state index in [2.05, 4.69) is 37.9 Å². The van der Waals surface area contributed by atoms with Gasteiger partial charge in [-0.15, -0.1) is 0 Å². The van der Waals surface area contributed by atoms with Gasteiger partial charge in [0.15, 0.2) is 0 Å². The maximum Gasteiger partial charge on any atom is 0.236 e. The number of hydrogen-bond acceptors (Lipinski definition) is 3. The van der Waals surface area contributed by atoms with Gasteiger partial charge in [0.05, 0.1) is 6.04 Å². The molecule has 0 bridgehead atoms. The summed E-state index contributed by atoms with van der Waals surface area (Å²) in [5.74, 6) is 0.413. The molecule has 1 atom stereocenters. The summed E-state index contributed by atoms with van der Waals surface area (Å²) in [5.41, 5.74) is 5.89. The zero-order valence-electron chi connectivity index (χ0n) is 12.2. The van der Waals surface area contributed by atoms with E-state index in [1.165, 1.54) is 0 Å². The number of amides is 1. The van der Waals surface area contributed by atoms with E-state index in [1.54, 1.807) is 0 Å². The first-order valence-electron chi connectivity index (χ1n) is 6.32. The van der Waals surface area contributed by atoms with Crippen LogP contribution < -0.4 is 11.1 Å². The number of carbonyl (C=O) groups is 1. The molecule has 0 saturated heterocycles. The maximum atomic E-state index is 11.8. The van der Waals surface area contributed by atoms with E-state index < -0.39 is 0 Å². The predicted octanol–water partition coefficient (Wildman–Crippen LogP) is 1.06. The predicted molar refractivity (Wildman–Crippen MR) is 72.8 cm³/mol. The van der Waals surface area contributed by atoms with Gasteiger partial charge in [0, 0.05) is 13.1 Å². The van der Waals surface area contributed by atoms with Crippen molar-refractivity contribution in [3.8, 4) is 0 Å². The Bertz CT molecular complexity index is 237. The monoisotopic (exact) mass is 243 g/mol. The van der Waals surface area contributed by atoms with Gasteiger partial charge in [-0.2, -0.15) is 0 Å². The molecule has 0 aliphatic heterocycles. The smallest absolute Gasteiger partial charge is 0.236 e. The Kier molecular flexibility index (Phi) is 6.72. The summed E-state index contributed by atoms with van der Waals surface area (Å²) in [7, 11) is 4.07. The quantitative estimate of drug-likeness (QED) is 0.703. The largest absolute Gasteiger partial charge is 0.354 e. The van der Waals surface area contributed by atoms with Crippen molar-refractivity contribution in [1.82, 2.24) is 10.2 Å². The van der Waals surface area contributed by atoms with Gasteiger partial charge in [-0.3, -0.25) is 4.79 Å². The molecule has 0 aliphatic carbocycles. The summed E-state index contributed by atoms with van der Waals surface area (Å²) < 4.78 is 0. The Labute approximate surface area is 106 Å². The lowest BCUT2D eigenvalue weighted by molar-refractivity contribution is -0.123. The SMILES string of the molecule is CC(C)CC(N)C(=O)NCC(C)(C)CN(C)C. The number of nitrogens with zero attached hydrogens (tertiary/aromatic N) is 1. The van der Waals surface area contributed by atoms with E-state index in [-0.39, 0.29) is 17.4 Å². The van der Waals surface area contributed by atoms with Crippen LogP contribution in [0.2, 0.25) is 0 Å². The van der Waals surface area contributed by atoms with Crippen molar-refractivity contribution < 1.29 is 4.79 Å². The lowest BCUT2D eigenvalue weighted by atomic mass is 9.92. The normalized spacial score (nSPS) is 14.2. The van der Waals surface area contributed by atoms with Crippen LogP contribution in [0.3, 0.4) is 0 Å². The Balaban J connectivity index is 4.06. The molecule has 3 N–H and O–H groups in total. The first kappa shape index (κ1) is 16.4. The number of hydrogen-bond donors (Lipinski definition) is 2. The molecule has 0 aliphatic rings. The van der Waals surface area contributed by atoms with E-state index in [1.807, 2.05) is 14.1 Å². The minimum Gasteiger partial charge on any atom is -0.354 e. The zero-order valence-corrected chi connectivity index (χ0v) is 12.2. The van der Waals surface area contributed by atoms with Gasteiger partial charge < -0.3 is 16.0 Å². The maximum absolute atomic E-state index is 11.8. The molecule has 4 heteroatoms. The Hall–Kier alpha value is -0.610. The van der Waals surface area contributed by atoms with Crippen LogP contribution in [0.5, 0.6) is 0 Å². The molecule has 0 radical (unpaired) electrons. The van der Waals surface area contributed by atoms with Crippen molar-refractivity contribution in [3.63, 3.8) is 0 Å². The summed E-state index contributed by atoms with van der Waals surface area (Å²) in [5, 5.41) is 2.94. The highest BCUT2D eigenvalue weighted by atomic mass is 16.2. The van der Waals surface area contributed by atoms with E-state index in [9.17, 15) is 4.79 Å². The number of rotatable bonds is 7. The van der Waals surface area contributed by atoms with Crippen LogP contribution in [0.25, 0.3) is 0 Å². The fraction of sp³-hybridized carbons (Fsp3) is 0.923. The molecule has 0 rings (SSSR count). The third-order valence-corrected chi connectivity index (χ3v) is 2.55. The molecule has 0 fully saturated rings. The molecule has 4 nitrogen and oxygen atoms in total. The van der Waals surface area contributed by atoms with Crippen molar-refractivity contribution in [1.29, 1.82) is 0 Å². The molecule has 1 unspecified atom stereocenters. The van der Waals surface area contributed by atoms with Crippen LogP contribution in [0.4, 0.5) is 0 Å². The Morgan fingerprint density at radius 3 is 2.29 bits per heavy atom. The van der Waals surface area contributed by atoms with E-state index in [4.69, 9.17) is 5.73 Å².